The van der Waals surface area contributed by atoms with Gasteiger partial charge >= 0.3 is 0 Å². The van der Waals surface area contributed by atoms with E-state index in [2.05, 4.69) is 4.98 Å². The van der Waals surface area contributed by atoms with E-state index in [4.69, 9.17) is 16.3 Å². The number of aryl methyl sites for hydroxylation is 1. The second-order valence-corrected chi connectivity index (χ2v) is 3.90. The largest absolute Gasteiger partial charge is 0.457 e. The van der Waals surface area contributed by atoms with Crippen LogP contribution in [0.15, 0.2) is 36.5 Å². The third kappa shape index (κ3) is 2.94. The van der Waals surface area contributed by atoms with Gasteiger partial charge in [-0.2, -0.15) is 0 Å². The summed E-state index contributed by atoms with van der Waals surface area (Å²) in [6.07, 6.45) is 1.61. The number of benzene rings is 1. The first-order valence-electron chi connectivity index (χ1n) is 5.14. The van der Waals surface area contributed by atoms with Gasteiger partial charge in [-0.25, -0.2) is 4.39 Å². The van der Waals surface area contributed by atoms with Crippen LogP contribution in [0, 0.1) is 12.7 Å². The van der Waals surface area contributed by atoms with Crippen molar-refractivity contribution in [1.29, 1.82) is 0 Å². The Morgan fingerprint density at radius 1 is 1.24 bits per heavy atom. The first kappa shape index (κ1) is 11.9. The summed E-state index contributed by atoms with van der Waals surface area (Å²) in [5, 5.41) is 0. The van der Waals surface area contributed by atoms with Crippen LogP contribution in [0.2, 0.25) is 0 Å². The van der Waals surface area contributed by atoms with Crippen LogP contribution in [-0.2, 0) is 5.88 Å². The summed E-state index contributed by atoms with van der Waals surface area (Å²) in [4.78, 5) is 4.05. The van der Waals surface area contributed by atoms with Crippen LogP contribution >= 0.6 is 11.6 Å². The molecule has 1 heterocycles. The Balaban J connectivity index is 2.22. The van der Waals surface area contributed by atoms with E-state index in [1.54, 1.807) is 37.4 Å². The van der Waals surface area contributed by atoms with E-state index in [0.29, 0.717) is 22.9 Å². The average Bonchev–Trinajstić information content (AvgIpc) is 2.34. The summed E-state index contributed by atoms with van der Waals surface area (Å²) in [6.45, 7) is 1.71. The molecule has 0 bridgehead atoms. The molecule has 0 amide bonds. The minimum Gasteiger partial charge on any atom is -0.457 e. The molecule has 1 aromatic heterocycles. The quantitative estimate of drug-likeness (QED) is 0.768. The minimum atomic E-state index is -0.283. The topological polar surface area (TPSA) is 22.1 Å². The number of aromatic nitrogens is 1. The number of halogens is 2. The van der Waals surface area contributed by atoms with Gasteiger partial charge in [0.05, 0.1) is 11.6 Å². The molecule has 1 aromatic carbocycles. The lowest BCUT2D eigenvalue weighted by molar-refractivity contribution is 0.474. The number of hydrogen-bond donors (Lipinski definition) is 0. The smallest absolute Gasteiger partial charge is 0.130 e. The van der Waals surface area contributed by atoms with E-state index in [1.807, 2.05) is 0 Å². The number of nitrogens with zero attached hydrogens (tertiary/aromatic N) is 1. The summed E-state index contributed by atoms with van der Waals surface area (Å²) >= 11 is 5.67. The Labute approximate surface area is 104 Å². The van der Waals surface area contributed by atoms with Gasteiger partial charge in [0, 0.05) is 18.3 Å². The van der Waals surface area contributed by atoms with Gasteiger partial charge in [-0.15, -0.1) is 11.6 Å². The lowest BCUT2D eigenvalue weighted by Gasteiger charge is -2.07. The van der Waals surface area contributed by atoms with Crippen molar-refractivity contribution in [3.63, 3.8) is 0 Å². The molecule has 17 heavy (non-hydrogen) atoms. The lowest BCUT2D eigenvalue weighted by Crippen LogP contribution is -1.90. The van der Waals surface area contributed by atoms with Gasteiger partial charge in [-0.3, -0.25) is 4.98 Å². The number of ether oxygens (including phenoxy) is 1. The summed E-state index contributed by atoms with van der Waals surface area (Å²) in [5.41, 5.74) is 1.31. The highest BCUT2D eigenvalue weighted by Crippen LogP contribution is 2.23. The Morgan fingerprint density at radius 3 is 2.71 bits per heavy atom. The van der Waals surface area contributed by atoms with Crippen molar-refractivity contribution >= 4 is 11.6 Å². The molecule has 0 radical (unpaired) electrons. The molecule has 0 saturated carbocycles. The second kappa shape index (κ2) is 5.15. The van der Waals surface area contributed by atoms with Crippen molar-refractivity contribution < 1.29 is 9.13 Å². The Bertz CT molecular complexity index is 531. The highest BCUT2D eigenvalue weighted by Gasteiger charge is 2.02. The Kier molecular flexibility index (Phi) is 3.59. The monoisotopic (exact) mass is 251 g/mol. The van der Waals surface area contributed by atoms with E-state index < -0.39 is 0 Å². The molecule has 0 N–H and O–H groups in total. The fraction of sp³-hybridized carbons (Fsp3) is 0.154. The van der Waals surface area contributed by atoms with E-state index in [0.717, 1.165) is 5.69 Å². The van der Waals surface area contributed by atoms with Gasteiger partial charge in [0.1, 0.15) is 17.3 Å². The molecule has 0 saturated heterocycles. The van der Waals surface area contributed by atoms with Crippen LogP contribution in [-0.4, -0.2) is 4.98 Å². The van der Waals surface area contributed by atoms with Crippen LogP contribution in [0.1, 0.15) is 11.3 Å². The normalized spacial score (nSPS) is 10.3. The number of rotatable bonds is 3. The lowest BCUT2D eigenvalue weighted by atomic mass is 10.2. The fourth-order valence-corrected chi connectivity index (χ4v) is 1.51. The van der Waals surface area contributed by atoms with E-state index in [9.17, 15) is 4.39 Å². The van der Waals surface area contributed by atoms with Crippen molar-refractivity contribution in [2.75, 3.05) is 0 Å². The molecule has 88 valence electrons. The molecule has 2 nitrogen and oxygen atoms in total. The third-order valence-corrected chi connectivity index (χ3v) is 2.58. The van der Waals surface area contributed by atoms with Gasteiger partial charge in [0.15, 0.2) is 0 Å². The number of alkyl halides is 1. The first-order chi connectivity index (χ1) is 8.19. The standard InChI is InChI=1S/C13H11ClFNO/c1-9-2-3-11(7-13(9)15)17-12-4-5-16-10(6-12)8-14/h2-7H,8H2,1H3. The van der Waals surface area contributed by atoms with Crippen molar-refractivity contribution in [3.05, 3.63) is 53.6 Å². The SMILES string of the molecule is Cc1ccc(Oc2ccnc(CCl)c2)cc1F. The maximum absolute atomic E-state index is 13.3. The fourth-order valence-electron chi connectivity index (χ4n) is 1.37. The zero-order valence-corrected chi connectivity index (χ0v) is 10.0. The van der Waals surface area contributed by atoms with Crippen LogP contribution in [0.3, 0.4) is 0 Å². The maximum atomic E-state index is 13.3. The zero-order valence-electron chi connectivity index (χ0n) is 9.28. The number of pyridine rings is 1. The molecule has 0 spiro atoms. The highest BCUT2D eigenvalue weighted by atomic mass is 35.5. The summed E-state index contributed by atoms with van der Waals surface area (Å²) in [5.74, 6) is 1.09. The highest BCUT2D eigenvalue weighted by molar-refractivity contribution is 6.16. The van der Waals surface area contributed by atoms with Crippen LogP contribution in [0.25, 0.3) is 0 Å². The molecule has 0 aliphatic rings. The van der Waals surface area contributed by atoms with Crippen molar-refractivity contribution in [2.45, 2.75) is 12.8 Å². The molecule has 0 unspecified atom stereocenters. The van der Waals surface area contributed by atoms with Crippen LogP contribution in [0.5, 0.6) is 11.5 Å². The molecule has 2 rings (SSSR count). The second-order valence-electron chi connectivity index (χ2n) is 3.63. The molecule has 0 aliphatic carbocycles. The zero-order chi connectivity index (χ0) is 12.3. The summed E-state index contributed by atoms with van der Waals surface area (Å²) in [7, 11) is 0. The van der Waals surface area contributed by atoms with E-state index in [-0.39, 0.29) is 5.82 Å². The summed E-state index contributed by atoms with van der Waals surface area (Å²) in [6, 6.07) is 8.18. The van der Waals surface area contributed by atoms with E-state index in [1.165, 1.54) is 6.07 Å². The Hall–Kier alpha value is -1.61. The van der Waals surface area contributed by atoms with Gasteiger partial charge in [0.2, 0.25) is 0 Å². The van der Waals surface area contributed by atoms with Gasteiger partial charge in [-0.05, 0) is 24.6 Å². The molecule has 2 aromatic rings. The maximum Gasteiger partial charge on any atom is 0.130 e. The minimum absolute atomic E-state index is 0.283. The molecule has 0 atom stereocenters. The summed E-state index contributed by atoms with van der Waals surface area (Å²) < 4.78 is 18.8. The van der Waals surface area contributed by atoms with E-state index >= 15 is 0 Å². The van der Waals surface area contributed by atoms with Crippen molar-refractivity contribution in [2.24, 2.45) is 0 Å². The van der Waals surface area contributed by atoms with Crippen molar-refractivity contribution in [1.82, 2.24) is 4.98 Å². The van der Waals surface area contributed by atoms with Gasteiger partial charge in [-0.1, -0.05) is 6.07 Å². The first-order valence-corrected chi connectivity index (χ1v) is 5.67. The van der Waals surface area contributed by atoms with Crippen LogP contribution in [0.4, 0.5) is 4.39 Å². The van der Waals surface area contributed by atoms with Crippen LogP contribution < -0.4 is 4.74 Å². The van der Waals surface area contributed by atoms with Gasteiger partial charge in [0.25, 0.3) is 0 Å². The van der Waals surface area contributed by atoms with Crippen molar-refractivity contribution in [3.8, 4) is 11.5 Å². The molecule has 0 fully saturated rings. The average molecular weight is 252 g/mol. The molecule has 0 aliphatic heterocycles. The van der Waals surface area contributed by atoms with Gasteiger partial charge < -0.3 is 4.74 Å². The predicted octanol–water partition coefficient (Wildman–Crippen LogP) is 4.06. The Morgan fingerprint density at radius 2 is 2.00 bits per heavy atom. The molecular weight excluding hydrogens is 241 g/mol. The molecular formula is C13H11ClFNO. The molecule has 4 heteroatoms. The third-order valence-electron chi connectivity index (χ3n) is 2.30. The number of hydrogen-bond acceptors (Lipinski definition) is 2. The predicted molar refractivity (Wildman–Crippen MR) is 65.0 cm³/mol.